The van der Waals surface area contributed by atoms with E-state index in [2.05, 4.69) is 19.9 Å². The molecule has 0 saturated heterocycles. The normalized spacial score (nSPS) is 25.9. The fraction of sp³-hybridized carbons (Fsp3) is 0.550. The number of phenols is 2. The number of carbonyl (C=O) groups is 1. The summed E-state index contributed by atoms with van der Waals surface area (Å²) in [6, 6.07) is 1.96. The minimum absolute atomic E-state index is 0.0341. The van der Waals surface area contributed by atoms with Crippen LogP contribution in [0.3, 0.4) is 0 Å². The third kappa shape index (κ3) is 2.56. The Balaban J connectivity index is 2.13. The summed E-state index contributed by atoms with van der Waals surface area (Å²) < 4.78 is 0. The molecule has 0 aromatic heterocycles. The second kappa shape index (κ2) is 5.40. The maximum Gasteiger partial charge on any atom is 0.161 e. The molecule has 2 atom stereocenters. The Morgan fingerprint density at radius 3 is 2.57 bits per heavy atom. The number of benzene rings is 1. The minimum Gasteiger partial charge on any atom is -0.504 e. The third-order valence-corrected chi connectivity index (χ3v) is 5.74. The van der Waals surface area contributed by atoms with Gasteiger partial charge in [-0.05, 0) is 41.7 Å². The average molecular weight is 314 g/mol. The van der Waals surface area contributed by atoms with Crippen molar-refractivity contribution in [2.24, 2.45) is 17.3 Å². The largest absolute Gasteiger partial charge is 0.504 e. The third-order valence-electron chi connectivity index (χ3n) is 5.74. The molecule has 0 unspecified atom stereocenters. The number of ketones is 1. The first kappa shape index (κ1) is 16.1. The number of Topliss-reactive ketones (excluding diaryl/α,β-unsaturated/α-hetero) is 1. The first-order valence-corrected chi connectivity index (χ1v) is 8.51. The molecule has 23 heavy (non-hydrogen) atoms. The van der Waals surface area contributed by atoms with Crippen LogP contribution < -0.4 is 0 Å². The molecule has 1 saturated carbocycles. The number of aromatic hydroxyl groups is 2. The zero-order valence-corrected chi connectivity index (χ0v) is 14.4. The number of phenolic OH excluding ortho intramolecular Hbond substituents is 2. The lowest BCUT2D eigenvalue weighted by Crippen LogP contribution is -2.39. The molecule has 0 aliphatic heterocycles. The van der Waals surface area contributed by atoms with Gasteiger partial charge in [0.2, 0.25) is 0 Å². The highest BCUT2D eigenvalue weighted by atomic mass is 16.3. The highest BCUT2D eigenvalue weighted by Crippen LogP contribution is 2.49. The van der Waals surface area contributed by atoms with E-state index in [1.807, 2.05) is 26.0 Å². The van der Waals surface area contributed by atoms with Crippen molar-refractivity contribution in [1.82, 2.24) is 0 Å². The Morgan fingerprint density at radius 2 is 1.91 bits per heavy atom. The molecule has 1 aromatic carbocycles. The zero-order valence-electron chi connectivity index (χ0n) is 14.4. The predicted octanol–water partition coefficient (Wildman–Crippen LogP) is 4.41. The predicted molar refractivity (Wildman–Crippen MR) is 91.6 cm³/mol. The van der Waals surface area contributed by atoms with Gasteiger partial charge in [0, 0.05) is 23.5 Å². The summed E-state index contributed by atoms with van der Waals surface area (Å²) in [5.74, 6) is 0.397. The summed E-state index contributed by atoms with van der Waals surface area (Å²) in [4.78, 5) is 12.5. The van der Waals surface area contributed by atoms with Gasteiger partial charge in [-0.3, -0.25) is 4.79 Å². The lowest BCUT2D eigenvalue weighted by molar-refractivity contribution is -0.129. The van der Waals surface area contributed by atoms with Crippen molar-refractivity contribution in [3.63, 3.8) is 0 Å². The van der Waals surface area contributed by atoms with Gasteiger partial charge in [0.25, 0.3) is 0 Å². The smallest absolute Gasteiger partial charge is 0.161 e. The summed E-state index contributed by atoms with van der Waals surface area (Å²) in [5, 5.41) is 20.8. The summed E-state index contributed by atoms with van der Waals surface area (Å²) >= 11 is 0. The van der Waals surface area contributed by atoms with Crippen LogP contribution in [0, 0.1) is 17.3 Å². The average Bonchev–Trinajstić information content (AvgIpc) is 2.68. The fourth-order valence-corrected chi connectivity index (χ4v) is 4.15. The summed E-state index contributed by atoms with van der Waals surface area (Å²) in [5.41, 5.74) is 2.47. The van der Waals surface area contributed by atoms with Gasteiger partial charge in [0.15, 0.2) is 11.5 Å². The molecule has 0 radical (unpaired) electrons. The van der Waals surface area contributed by atoms with Crippen LogP contribution in [0.5, 0.6) is 11.5 Å². The van der Waals surface area contributed by atoms with Crippen LogP contribution in [-0.2, 0) is 11.2 Å². The van der Waals surface area contributed by atoms with Crippen LogP contribution in [0.25, 0.3) is 6.08 Å². The number of carbonyl (C=O) groups excluding carboxylic acids is 1. The molecule has 3 rings (SSSR count). The molecule has 0 spiro atoms. The van der Waals surface area contributed by atoms with Crippen LogP contribution in [0.2, 0.25) is 0 Å². The van der Waals surface area contributed by atoms with E-state index in [0.29, 0.717) is 18.4 Å². The van der Waals surface area contributed by atoms with Crippen molar-refractivity contribution in [1.29, 1.82) is 0 Å². The van der Waals surface area contributed by atoms with Gasteiger partial charge in [0.1, 0.15) is 5.78 Å². The van der Waals surface area contributed by atoms with Gasteiger partial charge in [0.05, 0.1) is 0 Å². The van der Waals surface area contributed by atoms with Crippen molar-refractivity contribution < 1.29 is 15.0 Å². The Bertz CT molecular complexity index is 683. The van der Waals surface area contributed by atoms with Crippen molar-refractivity contribution in [2.75, 3.05) is 0 Å². The lowest BCUT2D eigenvalue weighted by atomic mass is 9.62. The Hall–Kier alpha value is -1.77. The molecule has 1 aromatic rings. The van der Waals surface area contributed by atoms with Crippen LogP contribution in [0.15, 0.2) is 12.1 Å². The lowest BCUT2D eigenvalue weighted by Gasteiger charge is -2.41. The maximum atomic E-state index is 12.5. The molecule has 0 amide bonds. The summed E-state index contributed by atoms with van der Waals surface area (Å²) in [6.07, 6.45) is 6.20. The quantitative estimate of drug-likeness (QED) is 0.755. The highest BCUT2D eigenvalue weighted by molar-refractivity contribution is 5.84. The van der Waals surface area contributed by atoms with Crippen molar-refractivity contribution >= 4 is 11.9 Å². The van der Waals surface area contributed by atoms with Crippen LogP contribution in [0.1, 0.15) is 63.1 Å². The van der Waals surface area contributed by atoms with Crippen molar-refractivity contribution in [3.05, 3.63) is 28.8 Å². The zero-order chi connectivity index (χ0) is 16.9. The Labute approximate surface area is 138 Å². The number of hydrogen-bond donors (Lipinski definition) is 2. The SMILES string of the molecule is CC(C)c1cc2c(c(O)c1O)C[C@H]1C(=O)CCC(C)(C)[C@@H]1C=C2. The molecule has 2 N–H and O–H groups in total. The molecule has 2 aliphatic rings. The summed E-state index contributed by atoms with van der Waals surface area (Å²) in [6.45, 7) is 8.42. The molecule has 2 aliphatic carbocycles. The van der Waals surface area contributed by atoms with Crippen molar-refractivity contribution in [3.8, 4) is 11.5 Å². The van der Waals surface area contributed by atoms with Gasteiger partial charge < -0.3 is 10.2 Å². The first-order valence-electron chi connectivity index (χ1n) is 8.51. The van der Waals surface area contributed by atoms with E-state index in [0.717, 1.165) is 17.5 Å². The molecule has 3 heteroatoms. The molecule has 0 bridgehead atoms. The molecule has 1 fully saturated rings. The van der Waals surface area contributed by atoms with E-state index in [1.54, 1.807) is 0 Å². The van der Waals surface area contributed by atoms with Gasteiger partial charge in [-0.25, -0.2) is 0 Å². The number of rotatable bonds is 1. The molecule has 0 heterocycles. The monoisotopic (exact) mass is 314 g/mol. The molecule has 124 valence electrons. The Kier molecular flexibility index (Phi) is 3.78. The van der Waals surface area contributed by atoms with Gasteiger partial charge in [-0.15, -0.1) is 0 Å². The summed E-state index contributed by atoms with van der Waals surface area (Å²) in [7, 11) is 0. The van der Waals surface area contributed by atoms with E-state index in [1.165, 1.54) is 0 Å². The second-order valence-corrected chi connectivity index (χ2v) is 8.04. The molecule has 3 nitrogen and oxygen atoms in total. The maximum absolute atomic E-state index is 12.5. The Morgan fingerprint density at radius 1 is 1.22 bits per heavy atom. The molecular formula is C20H26O3. The van der Waals surface area contributed by atoms with Gasteiger partial charge in [-0.1, -0.05) is 39.8 Å². The minimum atomic E-state index is -0.105. The van der Waals surface area contributed by atoms with Gasteiger partial charge >= 0.3 is 0 Å². The standard InChI is InChI=1S/C20H26O3/c1-11(2)13-9-12-5-6-16-15(10-14(12)19(23)18(13)22)17(21)7-8-20(16,3)4/h5-6,9,11,15-16,22-23H,7-8,10H2,1-4H3/t15-,16-/m1/s1. The van der Waals surface area contributed by atoms with Crippen molar-refractivity contribution in [2.45, 2.75) is 52.9 Å². The second-order valence-electron chi connectivity index (χ2n) is 8.04. The first-order chi connectivity index (χ1) is 10.7. The van der Waals surface area contributed by atoms with E-state index >= 15 is 0 Å². The van der Waals surface area contributed by atoms with E-state index in [-0.39, 0.29) is 40.5 Å². The highest BCUT2D eigenvalue weighted by Gasteiger charge is 2.43. The van der Waals surface area contributed by atoms with Gasteiger partial charge in [-0.2, -0.15) is 0 Å². The fourth-order valence-electron chi connectivity index (χ4n) is 4.15. The topological polar surface area (TPSA) is 57.5 Å². The molecular weight excluding hydrogens is 288 g/mol. The van der Waals surface area contributed by atoms with Crippen LogP contribution in [0.4, 0.5) is 0 Å². The number of fused-ring (bicyclic) bond motifs is 2. The number of allylic oxidation sites excluding steroid dienone is 1. The van der Waals surface area contributed by atoms with E-state index in [4.69, 9.17) is 0 Å². The van der Waals surface area contributed by atoms with Crippen LogP contribution >= 0.6 is 0 Å². The van der Waals surface area contributed by atoms with E-state index < -0.39 is 0 Å². The van der Waals surface area contributed by atoms with Crippen LogP contribution in [-0.4, -0.2) is 16.0 Å². The van der Waals surface area contributed by atoms with E-state index in [9.17, 15) is 15.0 Å². The number of hydrogen-bond acceptors (Lipinski definition) is 3.